The maximum absolute atomic E-state index is 13.5. The van der Waals surface area contributed by atoms with Crippen LogP contribution in [0.3, 0.4) is 0 Å². The summed E-state index contributed by atoms with van der Waals surface area (Å²) in [5, 5.41) is 9.33. The summed E-state index contributed by atoms with van der Waals surface area (Å²) in [6.45, 7) is 10.5. The lowest BCUT2D eigenvalue weighted by Crippen LogP contribution is -2.71. The van der Waals surface area contributed by atoms with Gasteiger partial charge in [0.25, 0.3) is 0 Å². The minimum Gasteiger partial charge on any atom is -0.396 e. The van der Waals surface area contributed by atoms with Gasteiger partial charge in [-0.15, -0.1) is 0 Å². The van der Waals surface area contributed by atoms with Crippen LogP contribution in [0, 0.1) is 13.8 Å². The Kier molecular flexibility index (Phi) is 7.08. The number of fused-ring (bicyclic) bond motifs is 1. The largest absolute Gasteiger partial charge is 0.396 e. The predicted octanol–water partition coefficient (Wildman–Crippen LogP) is 1.60. The van der Waals surface area contributed by atoms with Gasteiger partial charge in [0.1, 0.15) is 0 Å². The number of ether oxygens (including phenoxy) is 1. The molecule has 2 unspecified atom stereocenters. The number of hydrogen-bond acceptors (Lipinski definition) is 5. The molecule has 3 saturated heterocycles. The molecular weight excluding hydrogens is 378 g/mol. The first kappa shape index (κ1) is 21.8. The molecule has 0 bridgehead atoms. The number of carbonyl (C=O) groups is 1. The van der Waals surface area contributed by atoms with E-state index >= 15 is 0 Å². The standard InChI is InChI=1S/C24H37N3O3/c1-18-6-7-20(14-19(18)2)15-23(29)27-12-11-26(10-5-13-28)22-17-30-16-21(24(22)27)25-8-3-4-9-25/h6-7,14,21-22,24,28H,3-5,8-13,15-17H2,1-2H3/t21?,22?,24-/m1/s1. The van der Waals surface area contributed by atoms with Gasteiger partial charge in [0.05, 0.1) is 37.8 Å². The van der Waals surface area contributed by atoms with Crippen molar-refractivity contribution in [3.05, 3.63) is 34.9 Å². The number of aliphatic hydroxyl groups excluding tert-OH is 1. The molecule has 0 aliphatic carbocycles. The molecule has 6 heteroatoms. The summed E-state index contributed by atoms with van der Waals surface area (Å²) in [5.41, 5.74) is 3.61. The Labute approximate surface area is 180 Å². The molecular formula is C24H37N3O3. The summed E-state index contributed by atoms with van der Waals surface area (Å²) in [4.78, 5) is 20.7. The maximum atomic E-state index is 13.5. The fourth-order valence-electron chi connectivity index (χ4n) is 5.48. The highest BCUT2D eigenvalue weighted by Crippen LogP contribution is 2.30. The van der Waals surface area contributed by atoms with E-state index < -0.39 is 0 Å². The smallest absolute Gasteiger partial charge is 0.227 e. The van der Waals surface area contributed by atoms with Crippen molar-refractivity contribution in [2.24, 2.45) is 0 Å². The molecule has 1 aromatic rings. The van der Waals surface area contributed by atoms with Crippen LogP contribution >= 0.6 is 0 Å². The lowest BCUT2D eigenvalue weighted by Gasteiger charge is -2.54. The van der Waals surface area contributed by atoms with Gasteiger partial charge < -0.3 is 14.7 Å². The van der Waals surface area contributed by atoms with Crippen molar-refractivity contribution in [2.45, 2.75) is 57.7 Å². The van der Waals surface area contributed by atoms with Crippen molar-refractivity contribution in [3.8, 4) is 0 Å². The predicted molar refractivity (Wildman–Crippen MR) is 118 cm³/mol. The highest BCUT2D eigenvalue weighted by Gasteiger charge is 2.47. The first-order valence-corrected chi connectivity index (χ1v) is 11.6. The van der Waals surface area contributed by atoms with Crippen LogP contribution in [0.2, 0.25) is 0 Å². The topological polar surface area (TPSA) is 56.3 Å². The third kappa shape index (κ3) is 4.57. The molecule has 1 N–H and O–H groups in total. The number of benzene rings is 1. The Balaban J connectivity index is 1.55. The van der Waals surface area contributed by atoms with Crippen LogP contribution < -0.4 is 0 Å². The van der Waals surface area contributed by atoms with E-state index in [-0.39, 0.29) is 30.6 Å². The van der Waals surface area contributed by atoms with E-state index in [1.54, 1.807) is 0 Å². The summed E-state index contributed by atoms with van der Waals surface area (Å²) < 4.78 is 6.07. The van der Waals surface area contributed by atoms with Crippen molar-refractivity contribution in [1.82, 2.24) is 14.7 Å². The zero-order valence-electron chi connectivity index (χ0n) is 18.6. The third-order valence-electron chi connectivity index (χ3n) is 7.28. The maximum Gasteiger partial charge on any atom is 0.227 e. The van der Waals surface area contributed by atoms with Crippen molar-refractivity contribution in [2.75, 3.05) is 52.5 Å². The van der Waals surface area contributed by atoms with Gasteiger partial charge in [0, 0.05) is 26.2 Å². The fraction of sp³-hybridized carbons (Fsp3) is 0.708. The normalized spacial score (nSPS) is 28.0. The second kappa shape index (κ2) is 9.77. The molecule has 30 heavy (non-hydrogen) atoms. The molecule has 3 heterocycles. The molecule has 3 aliphatic heterocycles. The molecule has 0 aromatic heterocycles. The molecule has 0 radical (unpaired) electrons. The number of carbonyl (C=O) groups excluding carboxylic acids is 1. The van der Waals surface area contributed by atoms with Gasteiger partial charge in [-0.25, -0.2) is 0 Å². The van der Waals surface area contributed by atoms with Crippen molar-refractivity contribution in [3.63, 3.8) is 0 Å². The van der Waals surface area contributed by atoms with Crippen molar-refractivity contribution in [1.29, 1.82) is 0 Å². The Morgan fingerprint density at radius 1 is 1.07 bits per heavy atom. The van der Waals surface area contributed by atoms with Gasteiger partial charge in [0.15, 0.2) is 0 Å². The Hall–Kier alpha value is -1.47. The van der Waals surface area contributed by atoms with Gasteiger partial charge in [-0.05, 0) is 62.9 Å². The lowest BCUT2D eigenvalue weighted by atomic mass is 9.90. The highest BCUT2D eigenvalue weighted by atomic mass is 16.5. The highest BCUT2D eigenvalue weighted by molar-refractivity contribution is 5.79. The zero-order valence-corrected chi connectivity index (χ0v) is 18.6. The molecule has 0 saturated carbocycles. The van der Waals surface area contributed by atoms with E-state index in [1.165, 1.54) is 24.0 Å². The van der Waals surface area contributed by atoms with E-state index in [4.69, 9.17) is 4.74 Å². The minimum atomic E-state index is 0.170. The number of amides is 1. The second-order valence-corrected chi connectivity index (χ2v) is 9.20. The van der Waals surface area contributed by atoms with E-state index in [1.807, 2.05) is 0 Å². The number of likely N-dealkylation sites (tertiary alicyclic amines) is 1. The van der Waals surface area contributed by atoms with Gasteiger partial charge in [-0.1, -0.05) is 18.2 Å². The zero-order chi connectivity index (χ0) is 21.1. The molecule has 3 fully saturated rings. The van der Waals surface area contributed by atoms with Crippen LogP contribution in [0.25, 0.3) is 0 Å². The summed E-state index contributed by atoms with van der Waals surface area (Å²) >= 11 is 0. The van der Waals surface area contributed by atoms with Crippen LogP contribution in [0.4, 0.5) is 0 Å². The molecule has 6 nitrogen and oxygen atoms in total. The average Bonchev–Trinajstić information content (AvgIpc) is 3.29. The van der Waals surface area contributed by atoms with Gasteiger partial charge in [-0.2, -0.15) is 0 Å². The van der Waals surface area contributed by atoms with E-state index in [0.717, 1.165) is 44.7 Å². The van der Waals surface area contributed by atoms with Gasteiger partial charge >= 0.3 is 0 Å². The summed E-state index contributed by atoms with van der Waals surface area (Å²) in [5.74, 6) is 0.237. The van der Waals surface area contributed by atoms with Crippen LogP contribution in [0.1, 0.15) is 36.0 Å². The van der Waals surface area contributed by atoms with Gasteiger partial charge in [0.2, 0.25) is 5.91 Å². The third-order valence-corrected chi connectivity index (χ3v) is 7.28. The van der Waals surface area contributed by atoms with Gasteiger partial charge in [-0.3, -0.25) is 14.6 Å². The van der Waals surface area contributed by atoms with Crippen LogP contribution in [-0.4, -0.2) is 96.4 Å². The van der Waals surface area contributed by atoms with Crippen LogP contribution in [0.15, 0.2) is 18.2 Å². The minimum absolute atomic E-state index is 0.170. The number of aliphatic hydroxyl groups is 1. The molecule has 1 aromatic carbocycles. The second-order valence-electron chi connectivity index (χ2n) is 9.20. The molecule has 1 amide bonds. The molecule has 0 spiro atoms. The van der Waals surface area contributed by atoms with Crippen LogP contribution in [0.5, 0.6) is 0 Å². The monoisotopic (exact) mass is 415 g/mol. The average molecular weight is 416 g/mol. The Morgan fingerprint density at radius 3 is 2.57 bits per heavy atom. The summed E-state index contributed by atoms with van der Waals surface area (Å²) in [6.07, 6.45) is 3.71. The van der Waals surface area contributed by atoms with Crippen molar-refractivity contribution >= 4 is 5.91 Å². The Morgan fingerprint density at radius 2 is 1.83 bits per heavy atom. The van der Waals surface area contributed by atoms with E-state index in [2.05, 4.69) is 46.7 Å². The number of hydrogen-bond donors (Lipinski definition) is 1. The lowest BCUT2D eigenvalue weighted by molar-refractivity contribution is -0.152. The first-order valence-electron chi connectivity index (χ1n) is 11.6. The van der Waals surface area contributed by atoms with E-state index in [0.29, 0.717) is 19.6 Å². The van der Waals surface area contributed by atoms with E-state index in [9.17, 15) is 9.90 Å². The molecule has 4 rings (SSSR count). The fourth-order valence-corrected chi connectivity index (χ4v) is 5.48. The van der Waals surface area contributed by atoms with Crippen LogP contribution in [-0.2, 0) is 16.0 Å². The number of rotatable bonds is 6. The SMILES string of the molecule is Cc1ccc(CC(=O)N2CCN(CCCO)C3COCC(N4CCCC4)[C@H]32)cc1C. The summed E-state index contributed by atoms with van der Waals surface area (Å²) in [7, 11) is 0. The molecule has 3 aliphatic rings. The Bertz CT molecular complexity index is 734. The molecule has 166 valence electrons. The number of aryl methyl sites for hydroxylation is 2. The number of piperazine rings is 1. The molecule has 3 atom stereocenters. The first-order chi connectivity index (χ1) is 14.6. The summed E-state index contributed by atoms with van der Waals surface area (Å²) in [6, 6.07) is 7.03. The quantitative estimate of drug-likeness (QED) is 0.765. The number of nitrogens with zero attached hydrogens (tertiary/aromatic N) is 3. The van der Waals surface area contributed by atoms with Crippen molar-refractivity contribution < 1.29 is 14.6 Å².